The lowest BCUT2D eigenvalue weighted by Crippen LogP contribution is -2.35. The molecule has 1 aliphatic rings. The van der Waals surface area contributed by atoms with Crippen LogP contribution in [0, 0.1) is 11.3 Å². The van der Waals surface area contributed by atoms with Crippen molar-refractivity contribution in [2.45, 2.75) is 19.4 Å². The van der Waals surface area contributed by atoms with Gasteiger partial charge in [-0.05, 0) is 49.2 Å². The van der Waals surface area contributed by atoms with E-state index in [0.29, 0.717) is 16.8 Å². The molecule has 2 heterocycles. The van der Waals surface area contributed by atoms with Gasteiger partial charge in [0.15, 0.2) is 0 Å². The van der Waals surface area contributed by atoms with Crippen molar-refractivity contribution in [2.24, 2.45) is 0 Å². The summed E-state index contributed by atoms with van der Waals surface area (Å²) in [7, 11) is 0. The van der Waals surface area contributed by atoms with Crippen LogP contribution in [0.1, 0.15) is 38.8 Å². The van der Waals surface area contributed by atoms with E-state index in [1.807, 2.05) is 37.3 Å². The highest BCUT2D eigenvalue weighted by atomic mass is 16.2. The van der Waals surface area contributed by atoms with Gasteiger partial charge >= 0.3 is 0 Å². The molecular weight excluding hydrogens is 364 g/mol. The molecular formula is C23H18N4O2. The molecule has 0 radical (unpaired) electrons. The van der Waals surface area contributed by atoms with Crippen LogP contribution < -0.4 is 10.2 Å². The van der Waals surface area contributed by atoms with Crippen LogP contribution in [0.15, 0.2) is 67.0 Å². The summed E-state index contributed by atoms with van der Waals surface area (Å²) in [5, 5.41) is 11.7. The molecule has 3 aromatic rings. The number of nitriles is 1. The van der Waals surface area contributed by atoms with Gasteiger partial charge in [0.25, 0.3) is 11.8 Å². The van der Waals surface area contributed by atoms with Crippen LogP contribution in [0.2, 0.25) is 0 Å². The minimum Gasteiger partial charge on any atom is -0.322 e. The third-order valence-corrected chi connectivity index (χ3v) is 4.92. The fourth-order valence-electron chi connectivity index (χ4n) is 3.56. The lowest BCUT2D eigenvalue weighted by molar-refractivity contribution is 0.0981. The van der Waals surface area contributed by atoms with Crippen LogP contribution in [0.4, 0.5) is 11.4 Å². The summed E-state index contributed by atoms with van der Waals surface area (Å²) in [5.74, 6) is -0.576. The Bertz CT molecular complexity index is 1150. The smallest absolute Gasteiger partial charge is 0.260 e. The molecule has 0 spiro atoms. The topological polar surface area (TPSA) is 86.1 Å². The standard InChI is InChI=1S/C23H18N4O2/c1-15-9-17-6-2-3-8-21(17)27(15)23(29)19-11-18(13-25-14-19)22(28)26-20-7-4-5-16(10-20)12-24/h2-8,10-11,13-15H,9H2,1H3,(H,26,28). The fourth-order valence-corrected chi connectivity index (χ4v) is 3.56. The van der Waals surface area contributed by atoms with Gasteiger partial charge in [-0.2, -0.15) is 5.26 Å². The molecule has 0 aliphatic carbocycles. The largest absolute Gasteiger partial charge is 0.322 e. The zero-order valence-electron chi connectivity index (χ0n) is 15.8. The number of nitrogens with one attached hydrogen (secondary N) is 1. The first kappa shape index (κ1) is 18.4. The Morgan fingerprint density at radius 3 is 2.72 bits per heavy atom. The Balaban J connectivity index is 1.58. The normalized spacial score (nSPS) is 14.8. The monoisotopic (exact) mass is 382 g/mol. The summed E-state index contributed by atoms with van der Waals surface area (Å²) >= 11 is 0. The highest BCUT2D eigenvalue weighted by Crippen LogP contribution is 2.33. The van der Waals surface area contributed by atoms with Gasteiger partial charge in [0, 0.05) is 29.8 Å². The number of rotatable bonds is 3. The van der Waals surface area contributed by atoms with E-state index in [1.54, 1.807) is 35.2 Å². The van der Waals surface area contributed by atoms with Gasteiger partial charge in [-0.15, -0.1) is 0 Å². The van der Waals surface area contributed by atoms with E-state index in [1.165, 1.54) is 12.4 Å². The first-order chi connectivity index (χ1) is 14.1. The lowest BCUT2D eigenvalue weighted by atomic mass is 10.1. The summed E-state index contributed by atoms with van der Waals surface area (Å²) in [6.07, 6.45) is 3.69. The molecule has 6 nitrogen and oxygen atoms in total. The summed E-state index contributed by atoms with van der Waals surface area (Å²) in [4.78, 5) is 31.6. The van der Waals surface area contributed by atoms with Gasteiger partial charge in [0.1, 0.15) is 0 Å². The molecule has 1 aliphatic heterocycles. The lowest BCUT2D eigenvalue weighted by Gasteiger charge is -2.22. The minimum atomic E-state index is -0.392. The van der Waals surface area contributed by atoms with Crippen molar-refractivity contribution in [3.8, 4) is 6.07 Å². The van der Waals surface area contributed by atoms with E-state index < -0.39 is 5.91 Å². The minimum absolute atomic E-state index is 0.0334. The average molecular weight is 382 g/mol. The van der Waals surface area contributed by atoms with Crippen molar-refractivity contribution >= 4 is 23.2 Å². The molecule has 2 aromatic carbocycles. The average Bonchev–Trinajstić information content (AvgIpc) is 3.09. The van der Waals surface area contributed by atoms with Crippen molar-refractivity contribution < 1.29 is 9.59 Å². The van der Waals surface area contributed by atoms with Crippen molar-refractivity contribution in [2.75, 3.05) is 10.2 Å². The number of pyridine rings is 1. The number of aromatic nitrogens is 1. The Morgan fingerprint density at radius 2 is 1.90 bits per heavy atom. The van der Waals surface area contributed by atoms with Gasteiger partial charge in [-0.25, -0.2) is 0 Å². The maximum Gasteiger partial charge on any atom is 0.260 e. The molecule has 1 atom stereocenters. The van der Waals surface area contributed by atoms with E-state index in [9.17, 15) is 9.59 Å². The molecule has 29 heavy (non-hydrogen) atoms. The van der Waals surface area contributed by atoms with Crippen molar-refractivity contribution in [1.82, 2.24) is 4.98 Å². The van der Waals surface area contributed by atoms with E-state index in [2.05, 4.69) is 10.3 Å². The number of carbonyl (C=O) groups is 2. The first-order valence-electron chi connectivity index (χ1n) is 9.25. The SMILES string of the molecule is CC1Cc2ccccc2N1C(=O)c1cncc(C(=O)Nc2cccc(C#N)c2)c1. The number of hydrogen-bond donors (Lipinski definition) is 1. The predicted octanol–water partition coefficient (Wildman–Crippen LogP) is 3.80. The van der Waals surface area contributed by atoms with Crippen molar-refractivity contribution in [3.05, 3.63) is 89.2 Å². The second kappa shape index (κ2) is 7.56. The molecule has 0 saturated carbocycles. The van der Waals surface area contributed by atoms with Crippen LogP contribution in [0.25, 0.3) is 0 Å². The summed E-state index contributed by atoms with van der Waals surface area (Å²) < 4.78 is 0. The third kappa shape index (κ3) is 3.58. The number of fused-ring (bicyclic) bond motifs is 1. The fraction of sp³-hybridized carbons (Fsp3) is 0.130. The molecule has 0 fully saturated rings. The van der Waals surface area contributed by atoms with Gasteiger partial charge in [-0.3, -0.25) is 14.6 Å². The second-order valence-electron chi connectivity index (χ2n) is 6.97. The second-order valence-corrected chi connectivity index (χ2v) is 6.97. The number of anilines is 2. The van der Waals surface area contributed by atoms with Crippen LogP contribution in [0.3, 0.4) is 0 Å². The third-order valence-electron chi connectivity index (χ3n) is 4.92. The molecule has 4 rings (SSSR count). The summed E-state index contributed by atoms with van der Waals surface area (Å²) in [6, 6.07) is 18.1. The number of benzene rings is 2. The number of para-hydroxylation sites is 1. The summed E-state index contributed by atoms with van der Waals surface area (Å²) in [6.45, 7) is 2.00. The molecule has 1 N–H and O–H groups in total. The molecule has 0 bridgehead atoms. The van der Waals surface area contributed by atoms with Gasteiger partial charge in [-0.1, -0.05) is 24.3 Å². The zero-order valence-corrected chi connectivity index (χ0v) is 15.8. The van der Waals surface area contributed by atoms with Gasteiger partial charge < -0.3 is 10.2 Å². The quantitative estimate of drug-likeness (QED) is 0.747. The van der Waals surface area contributed by atoms with E-state index in [0.717, 1.165) is 17.7 Å². The van der Waals surface area contributed by atoms with E-state index in [-0.39, 0.29) is 17.5 Å². The highest BCUT2D eigenvalue weighted by Gasteiger charge is 2.31. The Kier molecular flexibility index (Phi) is 4.80. The Labute approximate surface area is 168 Å². The zero-order chi connectivity index (χ0) is 20.4. The van der Waals surface area contributed by atoms with Gasteiger partial charge in [0.05, 0.1) is 22.8 Å². The van der Waals surface area contributed by atoms with Crippen LogP contribution in [0.5, 0.6) is 0 Å². The van der Waals surface area contributed by atoms with Crippen LogP contribution >= 0.6 is 0 Å². The van der Waals surface area contributed by atoms with Crippen LogP contribution in [-0.4, -0.2) is 22.8 Å². The molecule has 6 heteroatoms. The molecule has 1 unspecified atom stereocenters. The van der Waals surface area contributed by atoms with E-state index in [4.69, 9.17) is 5.26 Å². The maximum absolute atomic E-state index is 13.2. The number of hydrogen-bond acceptors (Lipinski definition) is 4. The van der Waals surface area contributed by atoms with Crippen molar-refractivity contribution in [1.29, 1.82) is 5.26 Å². The van der Waals surface area contributed by atoms with Crippen molar-refractivity contribution in [3.63, 3.8) is 0 Å². The molecule has 1 aromatic heterocycles. The highest BCUT2D eigenvalue weighted by molar-refractivity contribution is 6.10. The molecule has 2 amide bonds. The maximum atomic E-state index is 13.2. The molecule has 142 valence electrons. The predicted molar refractivity (Wildman–Crippen MR) is 110 cm³/mol. The van der Waals surface area contributed by atoms with Crippen LogP contribution in [-0.2, 0) is 6.42 Å². The Hall–Kier alpha value is -3.98. The Morgan fingerprint density at radius 1 is 1.10 bits per heavy atom. The first-order valence-corrected chi connectivity index (χ1v) is 9.25. The number of amides is 2. The molecule has 0 saturated heterocycles. The number of carbonyl (C=O) groups excluding carboxylic acids is 2. The van der Waals surface area contributed by atoms with E-state index >= 15 is 0 Å². The number of nitrogens with zero attached hydrogens (tertiary/aromatic N) is 3. The van der Waals surface area contributed by atoms with Gasteiger partial charge in [0.2, 0.25) is 0 Å². The summed E-state index contributed by atoms with van der Waals surface area (Å²) in [5.41, 5.74) is 3.62.